The molecular formula is C15H22O2. The molecule has 0 aromatic carbocycles. The minimum absolute atomic E-state index is 0.0444. The highest BCUT2D eigenvalue weighted by atomic mass is 16.6. The average Bonchev–Trinajstić information content (AvgIpc) is 2.71. The number of hydrogen-bond acceptors (Lipinski definition) is 2. The first-order valence-corrected chi connectivity index (χ1v) is 6.73. The van der Waals surface area contributed by atoms with Gasteiger partial charge in [0.15, 0.2) is 5.78 Å². The highest BCUT2D eigenvalue weighted by Crippen LogP contribution is 2.64. The number of ether oxygens (including phenoxy) is 1. The molecule has 1 aliphatic heterocycles. The van der Waals surface area contributed by atoms with E-state index in [1.807, 2.05) is 6.08 Å². The minimum Gasteiger partial charge on any atom is -0.363 e. The third kappa shape index (κ3) is 1.40. The molecule has 3 aliphatic rings. The van der Waals surface area contributed by atoms with Crippen molar-refractivity contribution in [2.75, 3.05) is 0 Å². The molecule has 0 amide bonds. The van der Waals surface area contributed by atoms with E-state index in [1.54, 1.807) is 0 Å². The van der Waals surface area contributed by atoms with Crippen molar-refractivity contribution in [3.8, 4) is 0 Å². The molecule has 3 rings (SSSR count). The van der Waals surface area contributed by atoms with Crippen molar-refractivity contribution in [1.82, 2.24) is 0 Å². The van der Waals surface area contributed by atoms with Crippen LogP contribution in [0.2, 0.25) is 0 Å². The summed E-state index contributed by atoms with van der Waals surface area (Å²) in [6, 6.07) is 0. The maximum atomic E-state index is 11.7. The summed E-state index contributed by atoms with van der Waals surface area (Å²) >= 11 is 0. The zero-order chi connectivity index (χ0) is 12.5. The lowest BCUT2D eigenvalue weighted by atomic mass is 9.57. The monoisotopic (exact) mass is 234 g/mol. The molecular weight excluding hydrogens is 212 g/mol. The fourth-order valence-electron chi connectivity index (χ4n) is 3.99. The summed E-state index contributed by atoms with van der Waals surface area (Å²) in [6.07, 6.45) is 5.84. The van der Waals surface area contributed by atoms with Crippen LogP contribution < -0.4 is 0 Å². The van der Waals surface area contributed by atoms with Crippen molar-refractivity contribution < 1.29 is 9.53 Å². The molecule has 1 spiro atoms. The van der Waals surface area contributed by atoms with E-state index in [4.69, 9.17) is 4.74 Å². The van der Waals surface area contributed by atoms with Gasteiger partial charge < -0.3 is 4.74 Å². The van der Waals surface area contributed by atoms with Gasteiger partial charge in [-0.15, -0.1) is 0 Å². The first-order chi connectivity index (χ1) is 7.79. The van der Waals surface area contributed by atoms with E-state index in [2.05, 4.69) is 27.7 Å². The Morgan fingerprint density at radius 2 is 2.00 bits per heavy atom. The van der Waals surface area contributed by atoms with Gasteiger partial charge in [0.2, 0.25) is 0 Å². The van der Waals surface area contributed by atoms with Crippen LogP contribution in [0.25, 0.3) is 0 Å². The summed E-state index contributed by atoms with van der Waals surface area (Å²) in [5.74, 6) is 0.768. The third-order valence-electron chi connectivity index (χ3n) is 5.62. The molecule has 1 saturated carbocycles. The summed E-state index contributed by atoms with van der Waals surface area (Å²) < 4.78 is 6.01. The highest BCUT2D eigenvalue weighted by molar-refractivity contribution is 5.92. The van der Waals surface area contributed by atoms with Crippen molar-refractivity contribution in [3.05, 3.63) is 11.6 Å². The standard InChI is InChI=1S/C15H22O2/c1-10-7-12(16)8-11-5-6-15(9-14(10,11)4)13(2,3)17-15/h8,10H,5-7,9H2,1-4H3/t10-,14+,15-/m1/s1. The fraction of sp³-hybridized carbons (Fsp3) is 0.800. The Balaban J connectivity index is 1.95. The predicted molar refractivity (Wildman–Crippen MR) is 66.7 cm³/mol. The highest BCUT2D eigenvalue weighted by Gasteiger charge is 2.67. The first kappa shape index (κ1) is 11.5. The Kier molecular flexibility index (Phi) is 2.04. The smallest absolute Gasteiger partial charge is 0.155 e. The number of carbonyl (C=O) groups is 1. The lowest BCUT2D eigenvalue weighted by Crippen LogP contribution is -2.43. The van der Waals surface area contributed by atoms with Gasteiger partial charge in [-0.05, 0) is 50.5 Å². The van der Waals surface area contributed by atoms with Gasteiger partial charge in [-0.2, -0.15) is 0 Å². The maximum Gasteiger partial charge on any atom is 0.155 e. The quantitative estimate of drug-likeness (QED) is 0.602. The van der Waals surface area contributed by atoms with E-state index in [0.717, 1.165) is 19.3 Å². The topological polar surface area (TPSA) is 29.6 Å². The van der Waals surface area contributed by atoms with E-state index in [1.165, 1.54) is 5.57 Å². The van der Waals surface area contributed by atoms with Gasteiger partial charge in [-0.25, -0.2) is 0 Å². The van der Waals surface area contributed by atoms with E-state index >= 15 is 0 Å². The van der Waals surface area contributed by atoms with Crippen molar-refractivity contribution >= 4 is 5.78 Å². The van der Waals surface area contributed by atoms with Crippen LogP contribution in [0.4, 0.5) is 0 Å². The van der Waals surface area contributed by atoms with Crippen LogP contribution in [-0.4, -0.2) is 17.0 Å². The first-order valence-electron chi connectivity index (χ1n) is 6.73. The number of fused-ring (bicyclic) bond motifs is 1. The van der Waals surface area contributed by atoms with Gasteiger partial charge >= 0.3 is 0 Å². The molecule has 0 N–H and O–H groups in total. The van der Waals surface area contributed by atoms with Gasteiger partial charge in [0, 0.05) is 6.42 Å². The summed E-state index contributed by atoms with van der Waals surface area (Å²) in [5, 5.41) is 0. The van der Waals surface area contributed by atoms with Gasteiger partial charge in [-0.3, -0.25) is 4.79 Å². The van der Waals surface area contributed by atoms with Crippen LogP contribution in [0.15, 0.2) is 11.6 Å². The second-order valence-corrected chi connectivity index (χ2v) is 6.94. The summed E-state index contributed by atoms with van der Waals surface area (Å²) in [4.78, 5) is 11.7. The predicted octanol–water partition coefficient (Wildman–Crippen LogP) is 3.26. The number of rotatable bonds is 0. The molecule has 0 bridgehead atoms. The van der Waals surface area contributed by atoms with Crippen LogP contribution in [0.1, 0.15) is 53.4 Å². The molecule has 2 fully saturated rings. The van der Waals surface area contributed by atoms with Crippen LogP contribution in [0, 0.1) is 11.3 Å². The van der Waals surface area contributed by atoms with Crippen LogP contribution in [0.3, 0.4) is 0 Å². The third-order valence-corrected chi connectivity index (χ3v) is 5.62. The summed E-state index contributed by atoms with van der Waals surface area (Å²) in [7, 11) is 0. The maximum absolute atomic E-state index is 11.7. The Morgan fingerprint density at radius 1 is 1.35 bits per heavy atom. The van der Waals surface area contributed by atoms with Gasteiger partial charge in [0.1, 0.15) is 0 Å². The lowest BCUT2D eigenvalue weighted by molar-refractivity contribution is -0.117. The molecule has 0 aromatic heterocycles. The SMILES string of the molecule is C[C@@H]1CC(=O)C=C2CC[C@]3(C[C@]21C)OC3(C)C. The minimum atomic E-state index is 0.0444. The molecule has 1 heterocycles. The Hall–Kier alpha value is -0.630. The van der Waals surface area contributed by atoms with E-state index in [9.17, 15) is 4.79 Å². The van der Waals surface area contributed by atoms with E-state index in [0.29, 0.717) is 18.1 Å². The van der Waals surface area contributed by atoms with Crippen molar-refractivity contribution in [3.63, 3.8) is 0 Å². The normalized spacial score (nSPS) is 47.6. The summed E-state index contributed by atoms with van der Waals surface area (Å²) in [5.41, 5.74) is 1.69. The fourth-order valence-corrected chi connectivity index (χ4v) is 3.99. The van der Waals surface area contributed by atoms with Gasteiger partial charge in [-0.1, -0.05) is 19.4 Å². The average molecular weight is 234 g/mol. The molecule has 17 heavy (non-hydrogen) atoms. The van der Waals surface area contributed by atoms with Crippen LogP contribution in [-0.2, 0) is 9.53 Å². The zero-order valence-corrected chi connectivity index (χ0v) is 11.3. The van der Waals surface area contributed by atoms with Crippen molar-refractivity contribution in [2.24, 2.45) is 11.3 Å². The largest absolute Gasteiger partial charge is 0.363 e. The van der Waals surface area contributed by atoms with E-state index < -0.39 is 0 Å². The van der Waals surface area contributed by atoms with Gasteiger partial charge in [0.05, 0.1) is 11.2 Å². The number of ketones is 1. The number of epoxide rings is 1. The molecule has 2 nitrogen and oxygen atoms in total. The molecule has 3 atom stereocenters. The molecule has 0 radical (unpaired) electrons. The van der Waals surface area contributed by atoms with E-state index in [-0.39, 0.29) is 16.6 Å². The second-order valence-electron chi connectivity index (χ2n) is 6.94. The number of hydrogen-bond donors (Lipinski definition) is 0. The van der Waals surface area contributed by atoms with Crippen molar-refractivity contribution in [1.29, 1.82) is 0 Å². The lowest BCUT2D eigenvalue weighted by Gasteiger charge is -2.46. The molecule has 0 unspecified atom stereocenters. The molecule has 1 saturated heterocycles. The molecule has 2 aliphatic carbocycles. The van der Waals surface area contributed by atoms with Gasteiger partial charge in [0.25, 0.3) is 0 Å². The number of carbonyl (C=O) groups excluding carboxylic acids is 1. The Morgan fingerprint density at radius 3 is 2.59 bits per heavy atom. The Bertz CT molecular complexity index is 421. The molecule has 0 aromatic rings. The second kappa shape index (κ2) is 3.03. The van der Waals surface area contributed by atoms with Crippen LogP contribution >= 0.6 is 0 Å². The number of allylic oxidation sites excluding steroid dienone is 2. The van der Waals surface area contributed by atoms with Crippen LogP contribution in [0.5, 0.6) is 0 Å². The zero-order valence-electron chi connectivity index (χ0n) is 11.3. The molecule has 94 valence electrons. The molecule has 2 heteroatoms. The Labute approximate surface area is 103 Å². The van der Waals surface area contributed by atoms with Crippen molar-refractivity contribution in [2.45, 2.75) is 64.6 Å². The summed E-state index contributed by atoms with van der Waals surface area (Å²) in [6.45, 7) is 8.95.